The number of alkyl halides is 3. The molecule has 31 heavy (non-hydrogen) atoms. The highest BCUT2D eigenvalue weighted by atomic mass is 19.4. The summed E-state index contributed by atoms with van der Waals surface area (Å²) in [4.78, 5) is 28.0. The summed E-state index contributed by atoms with van der Waals surface area (Å²) in [6, 6.07) is 4.51. The Bertz CT molecular complexity index is 961. The van der Waals surface area contributed by atoms with E-state index in [0.29, 0.717) is 0 Å². The molecule has 0 radical (unpaired) electrons. The number of carbonyl (C=O) groups excluding carboxylic acids is 2. The number of ether oxygens (including phenoxy) is 4. The topological polar surface area (TPSA) is 104 Å². The Morgan fingerprint density at radius 1 is 1.00 bits per heavy atom. The van der Waals surface area contributed by atoms with Crippen molar-refractivity contribution in [1.29, 1.82) is 0 Å². The van der Waals surface area contributed by atoms with Crippen molar-refractivity contribution in [3.05, 3.63) is 41.2 Å². The molecular formula is C20H20F3NO7. The Labute approximate surface area is 175 Å². The van der Waals surface area contributed by atoms with Crippen LogP contribution in [0.2, 0.25) is 0 Å². The minimum absolute atomic E-state index is 0.0392. The SMILES string of the molecule is CCOC(=O)Oc1c(C)nc(C)c(OC(=O)OCCO)c1-c1ccccc1C(F)(F)F. The number of benzene rings is 1. The predicted octanol–water partition coefficient (Wildman–Crippen LogP) is 4.43. The summed E-state index contributed by atoms with van der Waals surface area (Å²) < 4.78 is 60.7. The molecule has 1 heterocycles. The number of aliphatic hydroxyl groups is 1. The van der Waals surface area contributed by atoms with E-state index in [4.69, 9.17) is 19.3 Å². The second-order valence-electron chi connectivity index (χ2n) is 6.07. The summed E-state index contributed by atoms with van der Waals surface area (Å²) in [6.45, 7) is 3.42. The van der Waals surface area contributed by atoms with Crippen LogP contribution >= 0.6 is 0 Å². The maximum Gasteiger partial charge on any atom is 0.514 e. The third-order valence-electron chi connectivity index (χ3n) is 3.89. The molecule has 0 fully saturated rings. The predicted molar refractivity (Wildman–Crippen MR) is 101 cm³/mol. The highest BCUT2D eigenvalue weighted by molar-refractivity contribution is 5.85. The largest absolute Gasteiger partial charge is 0.514 e. The van der Waals surface area contributed by atoms with Crippen molar-refractivity contribution in [2.75, 3.05) is 19.8 Å². The van der Waals surface area contributed by atoms with Crippen molar-refractivity contribution in [2.24, 2.45) is 0 Å². The van der Waals surface area contributed by atoms with Crippen LogP contribution in [0.25, 0.3) is 11.1 Å². The highest BCUT2D eigenvalue weighted by Crippen LogP contribution is 2.46. The normalized spacial score (nSPS) is 11.1. The van der Waals surface area contributed by atoms with E-state index in [2.05, 4.69) is 9.72 Å². The molecular weight excluding hydrogens is 423 g/mol. The maximum absolute atomic E-state index is 13.7. The maximum atomic E-state index is 13.7. The zero-order valence-electron chi connectivity index (χ0n) is 16.9. The minimum atomic E-state index is -4.77. The van der Waals surface area contributed by atoms with Crippen molar-refractivity contribution in [3.63, 3.8) is 0 Å². The van der Waals surface area contributed by atoms with Crippen LogP contribution in [0.3, 0.4) is 0 Å². The number of aryl methyl sites for hydroxylation is 2. The summed E-state index contributed by atoms with van der Waals surface area (Å²) in [7, 11) is 0. The van der Waals surface area contributed by atoms with E-state index in [9.17, 15) is 22.8 Å². The van der Waals surface area contributed by atoms with Gasteiger partial charge in [0.15, 0.2) is 11.5 Å². The van der Waals surface area contributed by atoms with E-state index in [1.165, 1.54) is 32.9 Å². The molecule has 1 aromatic carbocycles. The Hall–Kier alpha value is -3.34. The number of halogens is 3. The van der Waals surface area contributed by atoms with E-state index in [1.54, 1.807) is 0 Å². The number of hydrogen-bond acceptors (Lipinski definition) is 8. The van der Waals surface area contributed by atoms with Crippen LogP contribution in [0.15, 0.2) is 24.3 Å². The molecule has 1 N–H and O–H groups in total. The average Bonchev–Trinajstić information content (AvgIpc) is 2.69. The van der Waals surface area contributed by atoms with Gasteiger partial charge in [0.25, 0.3) is 0 Å². The van der Waals surface area contributed by atoms with E-state index in [0.717, 1.165) is 12.1 Å². The molecule has 0 saturated carbocycles. The van der Waals surface area contributed by atoms with Crippen LogP contribution in [0, 0.1) is 13.8 Å². The van der Waals surface area contributed by atoms with E-state index in [-0.39, 0.29) is 29.3 Å². The molecule has 2 rings (SSSR count). The smallest absolute Gasteiger partial charge is 0.434 e. The molecule has 11 heteroatoms. The highest BCUT2D eigenvalue weighted by Gasteiger charge is 2.36. The summed E-state index contributed by atoms with van der Waals surface area (Å²) in [6.07, 6.45) is -7.22. The lowest BCUT2D eigenvalue weighted by Crippen LogP contribution is -2.17. The fourth-order valence-electron chi connectivity index (χ4n) is 2.73. The van der Waals surface area contributed by atoms with Crippen LogP contribution in [-0.4, -0.2) is 42.2 Å². The number of rotatable bonds is 6. The van der Waals surface area contributed by atoms with Gasteiger partial charge in [0.05, 0.1) is 35.7 Å². The molecule has 2 aromatic rings. The number of aliphatic hydroxyl groups excluding tert-OH is 1. The van der Waals surface area contributed by atoms with Gasteiger partial charge in [-0.15, -0.1) is 0 Å². The summed E-state index contributed by atoms with van der Waals surface area (Å²) >= 11 is 0. The number of nitrogens with zero attached hydrogens (tertiary/aromatic N) is 1. The third-order valence-corrected chi connectivity index (χ3v) is 3.89. The molecule has 168 valence electrons. The van der Waals surface area contributed by atoms with Gasteiger partial charge in [0, 0.05) is 5.56 Å². The lowest BCUT2D eigenvalue weighted by atomic mass is 9.96. The Morgan fingerprint density at radius 3 is 2.06 bits per heavy atom. The summed E-state index contributed by atoms with van der Waals surface area (Å²) in [5, 5.41) is 8.78. The van der Waals surface area contributed by atoms with Gasteiger partial charge in [-0.2, -0.15) is 13.2 Å². The molecule has 0 unspecified atom stereocenters. The first-order valence-electron chi connectivity index (χ1n) is 9.08. The fraction of sp³-hybridized carbons (Fsp3) is 0.350. The van der Waals surface area contributed by atoms with Crippen molar-refractivity contribution in [1.82, 2.24) is 4.98 Å². The fourth-order valence-corrected chi connectivity index (χ4v) is 2.73. The molecule has 0 aliphatic carbocycles. The molecule has 0 aliphatic heterocycles. The molecule has 0 aliphatic rings. The number of pyridine rings is 1. The molecule has 0 bridgehead atoms. The van der Waals surface area contributed by atoms with Crippen LogP contribution in [0.5, 0.6) is 11.5 Å². The van der Waals surface area contributed by atoms with Crippen molar-refractivity contribution in [3.8, 4) is 22.6 Å². The Morgan fingerprint density at radius 2 is 1.55 bits per heavy atom. The van der Waals surface area contributed by atoms with Crippen molar-refractivity contribution >= 4 is 12.3 Å². The first-order chi connectivity index (χ1) is 14.6. The second-order valence-corrected chi connectivity index (χ2v) is 6.07. The molecule has 0 amide bonds. The molecule has 1 aromatic heterocycles. The van der Waals surface area contributed by atoms with Gasteiger partial charge in [-0.3, -0.25) is 4.98 Å². The van der Waals surface area contributed by atoms with Crippen molar-refractivity contribution < 1.29 is 46.8 Å². The van der Waals surface area contributed by atoms with Crippen LogP contribution < -0.4 is 9.47 Å². The lowest BCUT2D eigenvalue weighted by Gasteiger charge is -2.20. The number of hydrogen-bond donors (Lipinski definition) is 1. The van der Waals surface area contributed by atoms with Gasteiger partial charge in [-0.1, -0.05) is 18.2 Å². The summed E-state index contributed by atoms with van der Waals surface area (Å²) in [5.41, 5.74) is -1.68. The van der Waals surface area contributed by atoms with Crippen molar-refractivity contribution in [2.45, 2.75) is 26.9 Å². The molecule has 0 spiro atoms. The van der Waals surface area contributed by atoms with Gasteiger partial charge in [-0.25, -0.2) is 9.59 Å². The average molecular weight is 443 g/mol. The first-order valence-corrected chi connectivity index (χ1v) is 9.08. The zero-order valence-corrected chi connectivity index (χ0v) is 16.9. The molecule has 8 nitrogen and oxygen atoms in total. The van der Waals surface area contributed by atoms with Crippen LogP contribution in [0.1, 0.15) is 23.9 Å². The summed E-state index contributed by atoms with van der Waals surface area (Å²) in [5.74, 6) is -0.768. The molecule has 0 atom stereocenters. The second kappa shape index (κ2) is 10.1. The van der Waals surface area contributed by atoms with Crippen LogP contribution in [0.4, 0.5) is 22.8 Å². The first kappa shape index (κ1) is 23.9. The number of aromatic nitrogens is 1. The van der Waals surface area contributed by atoms with Gasteiger partial charge in [0.2, 0.25) is 0 Å². The monoisotopic (exact) mass is 443 g/mol. The van der Waals surface area contributed by atoms with Gasteiger partial charge < -0.3 is 24.1 Å². The van der Waals surface area contributed by atoms with E-state index in [1.807, 2.05) is 0 Å². The quantitative estimate of drug-likeness (QED) is 0.654. The zero-order chi connectivity index (χ0) is 23.2. The van der Waals surface area contributed by atoms with Gasteiger partial charge in [-0.05, 0) is 26.8 Å². The van der Waals surface area contributed by atoms with Crippen LogP contribution in [-0.2, 0) is 15.7 Å². The van der Waals surface area contributed by atoms with E-state index >= 15 is 0 Å². The van der Waals surface area contributed by atoms with Gasteiger partial charge in [0.1, 0.15) is 6.61 Å². The number of carbonyl (C=O) groups is 2. The minimum Gasteiger partial charge on any atom is -0.434 e. The standard InChI is InChI=1S/C20H20F3NO7/c1-4-28-18(26)30-16-11(2)24-12(3)17(31-19(27)29-10-9-25)15(16)13-7-5-6-8-14(13)20(21,22)23/h5-8,25H,4,9-10H2,1-3H3. The third kappa shape index (κ3) is 5.85. The Kier molecular flexibility index (Phi) is 7.81. The molecule has 0 saturated heterocycles. The van der Waals surface area contributed by atoms with E-state index < -0.39 is 48.6 Å². The Balaban J connectivity index is 2.78. The van der Waals surface area contributed by atoms with Gasteiger partial charge >= 0.3 is 18.5 Å². The lowest BCUT2D eigenvalue weighted by molar-refractivity contribution is -0.137.